The van der Waals surface area contributed by atoms with Gasteiger partial charge in [0.2, 0.25) is 17.8 Å². The lowest BCUT2D eigenvalue weighted by molar-refractivity contribution is -0.576. The number of hydrogen-bond donors (Lipinski definition) is 6. The van der Waals surface area contributed by atoms with Crippen molar-refractivity contribution >= 4 is 68.5 Å². The summed E-state index contributed by atoms with van der Waals surface area (Å²) in [5.74, 6) is -0.104. The van der Waals surface area contributed by atoms with Gasteiger partial charge in [0, 0.05) is 47.4 Å². The van der Waals surface area contributed by atoms with Gasteiger partial charge in [0.05, 0.1) is 40.2 Å². The average Bonchev–Trinajstić information content (AvgIpc) is 4.09. The van der Waals surface area contributed by atoms with Gasteiger partial charge in [0.1, 0.15) is 41.4 Å². The normalized spacial score (nSPS) is 11.2. The summed E-state index contributed by atoms with van der Waals surface area (Å²) in [7, 11) is 0. The van der Waals surface area contributed by atoms with Crippen LogP contribution in [0.5, 0.6) is 0 Å². The third-order valence-corrected chi connectivity index (χ3v) is 11.5. The number of halogens is 3. The second-order valence-corrected chi connectivity index (χ2v) is 16.3. The molecule has 0 bridgehead atoms. The van der Waals surface area contributed by atoms with E-state index in [9.17, 15) is 33.3 Å². The number of carbonyl (C=O) groups is 2. The molecular formula is C50H34F3N18O2+. The fourth-order valence-corrected chi connectivity index (χ4v) is 7.77. The molecule has 2 aromatic carbocycles. The number of anilines is 6. The van der Waals surface area contributed by atoms with E-state index in [1.165, 1.54) is 37.3 Å². The molecule has 0 spiro atoms. The number of aryl methyl sites for hydroxylation is 3. The summed E-state index contributed by atoms with van der Waals surface area (Å²) < 4.78 is 41.8. The molecule has 0 saturated heterocycles. The molecule has 356 valence electrons. The van der Waals surface area contributed by atoms with E-state index in [0.717, 1.165) is 23.4 Å². The van der Waals surface area contributed by atoms with Crippen LogP contribution in [0.4, 0.5) is 47.6 Å². The first-order chi connectivity index (χ1) is 35.3. The number of nitrogens with zero attached hydrogens (tertiary/aromatic N) is 12. The van der Waals surface area contributed by atoms with Gasteiger partial charge < -0.3 is 26.3 Å². The smallest absolute Gasteiger partial charge is 0.339 e. The van der Waals surface area contributed by atoms with Crippen molar-refractivity contribution in [2.75, 3.05) is 21.3 Å². The van der Waals surface area contributed by atoms with Gasteiger partial charge in [-0.1, -0.05) is 12.1 Å². The van der Waals surface area contributed by atoms with Gasteiger partial charge in [-0.2, -0.15) is 28.3 Å². The predicted octanol–water partition coefficient (Wildman–Crippen LogP) is 8.49. The van der Waals surface area contributed by atoms with Crippen LogP contribution in [-0.4, -0.2) is 66.6 Å². The summed E-state index contributed by atoms with van der Waals surface area (Å²) in [6, 6.07) is 23.3. The van der Waals surface area contributed by atoms with Crippen LogP contribution in [-0.2, 0) is 6.18 Å². The topological polar surface area (TPSA) is 281 Å². The zero-order chi connectivity index (χ0) is 51.0. The minimum atomic E-state index is -4.87. The standard InChI is InChI=1S/C50H33F3N18O2/c1-25-6-8-31(66-48(72)30-13-29(18-55)43(58-20-30)50(51,52)53)15-35(25)68-44-33(5-4-12-56-44)40-42-47(64-23-61-42)71(24-65-40)38-11-10-34(39-41-46(62-21-59-39)63-22-60-41)45(70-38)69-36-16-32(9-7-26(36)2)67-49(73)37-14-28(17-54)27(3)19-57-37/h4-16,19-24H,1-3H3,(H5,56,57,59,60,61,62,63,64,66,67,68,69,70,72,73)/p+1. The first-order valence-corrected chi connectivity index (χ1v) is 21.8. The predicted molar refractivity (Wildman–Crippen MR) is 260 cm³/mol. The molecular weight excluding hydrogens is 942 g/mol. The molecule has 23 heteroatoms. The Bertz CT molecular complexity index is 3950. The minimum Gasteiger partial charge on any atom is -0.339 e. The fraction of sp³-hybridized carbons (Fsp3) is 0.0800. The molecule has 10 rings (SSSR count). The molecule has 0 aliphatic heterocycles. The van der Waals surface area contributed by atoms with Crippen LogP contribution in [0.25, 0.3) is 50.7 Å². The van der Waals surface area contributed by atoms with Crippen LogP contribution < -0.4 is 25.8 Å². The Labute approximate surface area is 410 Å². The Morgan fingerprint density at radius 2 is 1.34 bits per heavy atom. The summed E-state index contributed by atoms with van der Waals surface area (Å²) >= 11 is 0. The number of rotatable bonds is 11. The number of imidazole rings is 2. The Morgan fingerprint density at radius 1 is 0.658 bits per heavy atom. The average molecular weight is 976 g/mol. The number of aromatic amines is 2. The molecule has 10 aromatic rings. The molecule has 0 unspecified atom stereocenters. The quantitative estimate of drug-likeness (QED) is 0.0663. The molecule has 6 N–H and O–H groups in total. The molecule has 0 aliphatic carbocycles. The van der Waals surface area contributed by atoms with Gasteiger partial charge in [-0.15, -0.1) is 9.97 Å². The summed E-state index contributed by atoms with van der Waals surface area (Å²) in [5, 5.41) is 31.2. The van der Waals surface area contributed by atoms with Gasteiger partial charge in [0.25, 0.3) is 11.8 Å². The van der Waals surface area contributed by atoms with Gasteiger partial charge >= 0.3 is 6.18 Å². The lowest BCUT2D eigenvalue weighted by Crippen LogP contribution is -2.34. The molecule has 8 aromatic heterocycles. The molecule has 2 amide bonds. The maximum atomic E-state index is 13.4. The summed E-state index contributed by atoms with van der Waals surface area (Å²) in [5.41, 5.74) is 6.21. The number of H-pyrrole nitrogens is 2. The van der Waals surface area contributed by atoms with Crippen LogP contribution in [0.1, 0.15) is 54.4 Å². The monoisotopic (exact) mass is 975 g/mol. The zero-order valence-electron chi connectivity index (χ0n) is 38.3. The molecule has 0 atom stereocenters. The Morgan fingerprint density at radius 3 is 2.08 bits per heavy atom. The van der Waals surface area contributed by atoms with Crippen LogP contribution in [0, 0.1) is 43.4 Å². The van der Waals surface area contributed by atoms with Crippen molar-refractivity contribution in [1.82, 2.24) is 54.8 Å². The van der Waals surface area contributed by atoms with Crippen LogP contribution in [0.15, 0.2) is 117 Å². The second-order valence-electron chi connectivity index (χ2n) is 16.3. The lowest BCUT2D eigenvalue weighted by Gasteiger charge is -2.15. The number of pyridine rings is 4. The maximum Gasteiger partial charge on any atom is 0.434 e. The van der Waals surface area contributed by atoms with Gasteiger partial charge in [-0.3, -0.25) is 19.6 Å². The van der Waals surface area contributed by atoms with E-state index in [0.29, 0.717) is 96.2 Å². The highest BCUT2D eigenvalue weighted by Crippen LogP contribution is 2.36. The zero-order valence-corrected chi connectivity index (χ0v) is 38.3. The number of carbonyl (C=O) groups excluding carboxylic acids is 2. The third kappa shape index (κ3) is 9.10. The Hall–Kier alpha value is -10.6. The largest absolute Gasteiger partial charge is 0.434 e. The second kappa shape index (κ2) is 18.7. The van der Waals surface area contributed by atoms with E-state index in [1.807, 2.05) is 32.0 Å². The first-order valence-electron chi connectivity index (χ1n) is 21.8. The number of nitrogens with one attached hydrogen (secondary N) is 6. The number of fused-ring (bicyclic) bond motifs is 2. The number of benzene rings is 2. The van der Waals surface area contributed by atoms with E-state index in [-0.39, 0.29) is 11.3 Å². The highest BCUT2D eigenvalue weighted by molar-refractivity contribution is 6.05. The molecule has 0 fully saturated rings. The summed E-state index contributed by atoms with van der Waals surface area (Å²) in [6.45, 7) is 5.48. The fourth-order valence-electron chi connectivity index (χ4n) is 7.77. The van der Waals surface area contributed by atoms with Crippen LogP contribution in [0.2, 0.25) is 0 Å². The van der Waals surface area contributed by atoms with Crippen molar-refractivity contribution in [3.8, 4) is 40.5 Å². The first kappa shape index (κ1) is 46.2. The summed E-state index contributed by atoms with van der Waals surface area (Å²) in [6.07, 6.45) is 5.03. The van der Waals surface area contributed by atoms with E-state index >= 15 is 0 Å². The highest BCUT2D eigenvalue weighted by Gasteiger charge is 2.36. The molecule has 8 heterocycles. The van der Waals surface area contributed by atoms with Crippen molar-refractivity contribution in [1.29, 1.82) is 10.5 Å². The van der Waals surface area contributed by atoms with Crippen molar-refractivity contribution in [2.45, 2.75) is 26.9 Å². The third-order valence-electron chi connectivity index (χ3n) is 11.5. The number of aromatic nitrogens is 12. The van der Waals surface area contributed by atoms with Crippen LogP contribution >= 0.6 is 0 Å². The van der Waals surface area contributed by atoms with Crippen molar-refractivity contribution < 1.29 is 27.3 Å². The number of alkyl halides is 3. The molecule has 20 nitrogen and oxygen atoms in total. The number of nitriles is 2. The lowest BCUT2D eigenvalue weighted by atomic mass is 10.1. The van der Waals surface area contributed by atoms with E-state index in [2.05, 4.69) is 72.2 Å². The number of amides is 2. The molecule has 0 aliphatic rings. The highest BCUT2D eigenvalue weighted by atomic mass is 19.4. The summed E-state index contributed by atoms with van der Waals surface area (Å²) in [4.78, 5) is 73.0. The Kier molecular flexibility index (Phi) is 11.9. The van der Waals surface area contributed by atoms with E-state index in [4.69, 9.17) is 9.97 Å². The van der Waals surface area contributed by atoms with Crippen LogP contribution in [0.3, 0.4) is 0 Å². The molecule has 0 saturated carbocycles. The molecule has 73 heavy (non-hydrogen) atoms. The minimum absolute atomic E-state index is 0.0841. The van der Waals surface area contributed by atoms with Gasteiger partial charge in [-0.05, 0) is 92.1 Å². The van der Waals surface area contributed by atoms with E-state index in [1.54, 1.807) is 66.5 Å². The van der Waals surface area contributed by atoms with Crippen molar-refractivity contribution in [3.63, 3.8) is 0 Å². The SMILES string of the molecule is Cc1cnc(C(=O)Nc2ccc(C)c(Nc3nc(-[n+]4cnc(-c5cccnc5Nc5cc(NC(=O)c6cnc(C(F)(F)F)c(C#N)c6)ccc5C)c5nc[nH]c54)ccc3-c3ncnc4[nH]cnc34)c2)cc1C#N. The van der Waals surface area contributed by atoms with Crippen molar-refractivity contribution in [3.05, 3.63) is 161 Å². The van der Waals surface area contributed by atoms with Gasteiger partial charge in [0.15, 0.2) is 28.4 Å². The van der Waals surface area contributed by atoms with Gasteiger partial charge in [-0.25, -0.2) is 29.9 Å². The Balaban J connectivity index is 0.972. The molecule has 0 radical (unpaired) electrons. The van der Waals surface area contributed by atoms with E-state index < -0.39 is 29.2 Å². The van der Waals surface area contributed by atoms with Crippen molar-refractivity contribution in [2.24, 2.45) is 0 Å². The maximum absolute atomic E-state index is 13.4. The number of hydrogen-bond acceptors (Lipinski definition) is 15.